The van der Waals surface area contributed by atoms with Crippen LogP contribution in [-0.2, 0) is 6.54 Å². The first-order chi connectivity index (χ1) is 14.5. The molecule has 9 heteroatoms. The summed E-state index contributed by atoms with van der Waals surface area (Å²) in [6, 6.07) is 3.92. The average Bonchev–Trinajstić information content (AvgIpc) is 2.74. The number of carbonyl (C=O) groups is 1. The third-order valence-corrected chi connectivity index (χ3v) is 5.96. The minimum absolute atomic E-state index is 0. The van der Waals surface area contributed by atoms with E-state index >= 15 is 0 Å². The molecule has 174 valence electrons. The summed E-state index contributed by atoms with van der Waals surface area (Å²) in [6.07, 6.45) is 8.46. The minimum atomic E-state index is -0.340. The molecule has 1 aliphatic heterocycles. The molecule has 1 aromatic rings. The molecule has 2 amide bonds. The molecule has 0 radical (unpaired) electrons. The van der Waals surface area contributed by atoms with Crippen molar-refractivity contribution in [3.63, 3.8) is 0 Å². The Balaban J connectivity index is 0.00000341. The van der Waals surface area contributed by atoms with Crippen LogP contribution in [0.5, 0.6) is 5.88 Å². The maximum absolute atomic E-state index is 11.3. The number of hydrogen-bond acceptors (Lipinski definition) is 4. The highest BCUT2D eigenvalue weighted by Gasteiger charge is 2.22. The largest absolute Gasteiger partial charge is 0.474 e. The van der Waals surface area contributed by atoms with Crippen molar-refractivity contribution in [3.05, 3.63) is 23.9 Å². The number of ether oxygens (including phenoxy) is 1. The third-order valence-electron chi connectivity index (χ3n) is 5.96. The van der Waals surface area contributed by atoms with Gasteiger partial charge in [-0.15, -0.1) is 24.0 Å². The second-order valence-corrected chi connectivity index (χ2v) is 8.44. The number of primary amides is 1. The molecule has 0 aromatic carbocycles. The summed E-state index contributed by atoms with van der Waals surface area (Å²) in [5, 5.41) is 6.79. The number of likely N-dealkylation sites (tertiary alicyclic amines) is 1. The number of nitrogens with two attached hydrogens (primary N) is 1. The van der Waals surface area contributed by atoms with Crippen molar-refractivity contribution in [1.82, 2.24) is 20.5 Å². The summed E-state index contributed by atoms with van der Waals surface area (Å²) in [4.78, 5) is 22.1. The third kappa shape index (κ3) is 8.34. The van der Waals surface area contributed by atoms with Gasteiger partial charge in [-0.05, 0) is 63.0 Å². The van der Waals surface area contributed by atoms with Crippen LogP contribution < -0.4 is 21.1 Å². The van der Waals surface area contributed by atoms with E-state index in [0.717, 1.165) is 49.7 Å². The molecule has 1 saturated carbocycles. The van der Waals surface area contributed by atoms with E-state index in [4.69, 9.17) is 15.5 Å². The molecule has 2 fully saturated rings. The number of nitrogens with one attached hydrogen (secondary N) is 2. The molecule has 1 aromatic heterocycles. The maximum Gasteiger partial charge on any atom is 0.314 e. The summed E-state index contributed by atoms with van der Waals surface area (Å²) < 4.78 is 6.12. The number of aromatic nitrogens is 1. The number of hydrogen-bond donors (Lipinski definition) is 3. The van der Waals surface area contributed by atoms with Crippen molar-refractivity contribution in [2.75, 3.05) is 19.6 Å². The second kappa shape index (κ2) is 12.9. The number of aliphatic imine (C=N–C) groups is 1. The van der Waals surface area contributed by atoms with Crippen LogP contribution in [0.1, 0.15) is 57.9 Å². The Morgan fingerprint density at radius 2 is 1.97 bits per heavy atom. The molecule has 1 saturated heterocycles. The number of piperidine rings is 1. The van der Waals surface area contributed by atoms with Crippen molar-refractivity contribution >= 4 is 36.0 Å². The number of halogens is 1. The summed E-state index contributed by atoms with van der Waals surface area (Å²) >= 11 is 0. The van der Waals surface area contributed by atoms with Gasteiger partial charge in [-0.1, -0.05) is 6.92 Å². The van der Waals surface area contributed by atoms with E-state index in [0.29, 0.717) is 25.5 Å². The second-order valence-electron chi connectivity index (χ2n) is 8.44. The summed E-state index contributed by atoms with van der Waals surface area (Å²) in [7, 11) is 0. The highest BCUT2D eigenvalue weighted by Crippen LogP contribution is 2.26. The number of urea groups is 1. The predicted molar refractivity (Wildman–Crippen MR) is 134 cm³/mol. The number of nitrogens with zero attached hydrogens (tertiary/aromatic N) is 3. The number of guanidine groups is 1. The van der Waals surface area contributed by atoms with Gasteiger partial charge in [0.2, 0.25) is 5.88 Å². The fraction of sp³-hybridized carbons (Fsp3) is 0.682. The Labute approximate surface area is 202 Å². The van der Waals surface area contributed by atoms with Crippen molar-refractivity contribution in [3.8, 4) is 5.88 Å². The molecule has 2 aliphatic rings. The van der Waals surface area contributed by atoms with Crippen LogP contribution >= 0.6 is 24.0 Å². The van der Waals surface area contributed by atoms with E-state index in [-0.39, 0.29) is 42.2 Å². The van der Waals surface area contributed by atoms with Crippen LogP contribution in [0.25, 0.3) is 0 Å². The Morgan fingerprint density at radius 3 is 2.61 bits per heavy atom. The van der Waals surface area contributed by atoms with Gasteiger partial charge in [0.15, 0.2) is 5.96 Å². The first kappa shape index (κ1) is 25.5. The van der Waals surface area contributed by atoms with E-state index in [1.807, 2.05) is 12.1 Å². The van der Waals surface area contributed by atoms with Crippen LogP contribution in [0.4, 0.5) is 4.79 Å². The molecule has 2 heterocycles. The Morgan fingerprint density at radius 1 is 1.26 bits per heavy atom. The van der Waals surface area contributed by atoms with E-state index < -0.39 is 0 Å². The molecule has 0 bridgehead atoms. The summed E-state index contributed by atoms with van der Waals surface area (Å²) in [5.41, 5.74) is 6.44. The zero-order valence-corrected chi connectivity index (χ0v) is 21.0. The van der Waals surface area contributed by atoms with Crippen LogP contribution in [0.3, 0.4) is 0 Å². The van der Waals surface area contributed by atoms with Gasteiger partial charge in [0.05, 0.1) is 6.54 Å². The van der Waals surface area contributed by atoms with Crippen molar-refractivity contribution in [2.24, 2.45) is 16.6 Å². The first-order valence-corrected chi connectivity index (χ1v) is 11.2. The van der Waals surface area contributed by atoms with Crippen molar-refractivity contribution in [2.45, 2.75) is 71.1 Å². The fourth-order valence-corrected chi connectivity index (χ4v) is 4.06. The molecule has 1 aliphatic carbocycles. The van der Waals surface area contributed by atoms with Crippen LogP contribution in [0.15, 0.2) is 23.3 Å². The van der Waals surface area contributed by atoms with E-state index in [1.54, 1.807) is 11.1 Å². The summed E-state index contributed by atoms with van der Waals surface area (Å²) in [5.74, 6) is 2.29. The van der Waals surface area contributed by atoms with E-state index in [9.17, 15) is 4.79 Å². The van der Waals surface area contributed by atoms with Gasteiger partial charge in [-0.3, -0.25) is 0 Å². The van der Waals surface area contributed by atoms with Gasteiger partial charge in [0.1, 0.15) is 6.10 Å². The van der Waals surface area contributed by atoms with Crippen LogP contribution in [0, 0.1) is 5.92 Å². The lowest BCUT2D eigenvalue weighted by molar-refractivity contribution is 0.130. The van der Waals surface area contributed by atoms with Gasteiger partial charge in [0.25, 0.3) is 0 Å². The summed E-state index contributed by atoms with van der Waals surface area (Å²) in [6.45, 7) is 7.06. The SMILES string of the molecule is CCNC(=NCc1ccnc(OC2CCC(C)CC2)c1)NC1CCN(C(N)=O)CC1.I. The standard InChI is InChI=1S/C22H36N6O2.HI/c1-3-24-22(27-18-9-12-28(13-10-18)21(23)29)26-15-17-8-11-25-20(14-17)30-19-6-4-16(2)5-7-19;/h8,11,14,16,18-19H,3-7,9-10,12-13,15H2,1-2H3,(H2,23,29)(H2,24,26,27);1H. The molecular formula is C22H37IN6O2. The first-order valence-electron chi connectivity index (χ1n) is 11.2. The average molecular weight is 544 g/mol. The number of carbonyl (C=O) groups excluding carboxylic acids is 1. The number of rotatable bonds is 6. The van der Waals surface area contributed by atoms with Gasteiger partial charge in [0, 0.05) is 37.9 Å². The van der Waals surface area contributed by atoms with Gasteiger partial charge in [-0.2, -0.15) is 0 Å². The van der Waals surface area contributed by atoms with Gasteiger partial charge >= 0.3 is 6.03 Å². The molecule has 31 heavy (non-hydrogen) atoms. The van der Waals surface area contributed by atoms with E-state index in [2.05, 4.69) is 29.5 Å². The lowest BCUT2D eigenvalue weighted by atomic mass is 9.89. The topological polar surface area (TPSA) is 105 Å². The number of amides is 2. The molecule has 8 nitrogen and oxygen atoms in total. The van der Waals surface area contributed by atoms with E-state index in [1.165, 1.54) is 12.8 Å². The van der Waals surface area contributed by atoms with Crippen molar-refractivity contribution < 1.29 is 9.53 Å². The molecule has 0 spiro atoms. The fourth-order valence-electron chi connectivity index (χ4n) is 4.06. The van der Waals surface area contributed by atoms with Gasteiger partial charge in [-0.25, -0.2) is 14.8 Å². The van der Waals surface area contributed by atoms with Crippen LogP contribution in [-0.4, -0.2) is 53.7 Å². The molecule has 3 rings (SSSR count). The van der Waals surface area contributed by atoms with Crippen LogP contribution in [0.2, 0.25) is 0 Å². The molecule has 4 N–H and O–H groups in total. The zero-order valence-electron chi connectivity index (χ0n) is 18.7. The lowest BCUT2D eigenvalue weighted by Crippen LogP contribution is -2.50. The smallest absolute Gasteiger partial charge is 0.314 e. The Bertz CT molecular complexity index is 716. The minimum Gasteiger partial charge on any atom is -0.474 e. The maximum atomic E-state index is 11.3. The van der Waals surface area contributed by atoms with Crippen molar-refractivity contribution in [1.29, 1.82) is 0 Å². The highest BCUT2D eigenvalue weighted by atomic mass is 127. The Hall–Kier alpha value is -1.78. The van der Waals surface area contributed by atoms with Gasteiger partial charge < -0.3 is 26.0 Å². The lowest BCUT2D eigenvalue weighted by Gasteiger charge is -2.32. The molecular weight excluding hydrogens is 507 g/mol. The Kier molecular flexibility index (Phi) is 10.6. The predicted octanol–water partition coefficient (Wildman–Crippen LogP) is 3.26. The quantitative estimate of drug-likeness (QED) is 0.290. The molecule has 0 atom stereocenters. The monoisotopic (exact) mass is 544 g/mol. The number of pyridine rings is 1. The zero-order chi connectivity index (χ0) is 21.3. The highest BCUT2D eigenvalue weighted by molar-refractivity contribution is 14.0. The molecule has 0 unspecified atom stereocenters. The normalized spacial score (nSPS) is 22.4.